The van der Waals surface area contributed by atoms with Crippen molar-refractivity contribution in [2.45, 2.75) is 6.92 Å². The third-order valence-corrected chi connectivity index (χ3v) is 0.305. The Morgan fingerprint density at radius 2 is 2.29 bits per heavy atom. The molecule has 0 aliphatic carbocycles. The van der Waals surface area contributed by atoms with Gasteiger partial charge >= 0.3 is 0 Å². The average Bonchev–Trinajstić information content (AvgIpc) is 1.35. The minimum Gasteiger partial charge on any atom is -0.334 e. The van der Waals surface area contributed by atoms with Crippen molar-refractivity contribution in [2.24, 2.45) is 0 Å². The van der Waals surface area contributed by atoms with E-state index in [0.717, 1.165) is 0 Å². The molecule has 0 atom stereocenters. The van der Waals surface area contributed by atoms with Gasteiger partial charge in [-0.15, -0.1) is 0 Å². The summed E-state index contributed by atoms with van der Waals surface area (Å²) in [6.45, 7) is 4.70. The van der Waals surface area contributed by atoms with Crippen molar-refractivity contribution in [3.63, 3.8) is 0 Å². The van der Waals surface area contributed by atoms with E-state index in [1.165, 1.54) is 13.1 Å². The topological polar surface area (TPSA) is 29.1 Å². The minimum absolute atomic E-state index is 0. The largest absolute Gasteiger partial charge is 0.334 e. The molecule has 1 N–H and O–H groups in total. The van der Waals surface area contributed by atoms with Gasteiger partial charge in [0.2, 0.25) is 5.91 Å². The molecule has 1 radical (unpaired) electrons. The average molecular weight is 124 g/mol. The van der Waals surface area contributed by atoms with Gasteiger partial charge in [0, 0.05) is 58.3 Å². The molecule has 0 rings (SSSR count). The first-order valence-corrected chi connectivity index (χ1v) is 1.65. The van der Waals surface area contributed by atoms with Crippen molar-refractivity contribution >= 4 is 57.3 Å². The van der Waals surface area contributed by atoms with Gasteiger partial charge in [0.05, 0.1) is 0 Å². The van der Waals surface area contributed by atoms with Crippen molar-refractivity contribution in [1.29, 1.82) is 0 Å². The zero-order valence-electron chi connectivity index (χ0n) is 4.69. The molecule has 0 bridgehead atoms. The van der Waals surface area contributed by atoms with Gasteiger partial charge in [0.25, 0.3) is 0 Å². The standard InChI is InChI=1S/C4H7NO.K/c1-3-5-4(2)6;/h3H,1H2,2H3,(H,5,6);. The quantitative estimate of drug-likeness (QED) is 0.485. The zero-order valence-corrected chi connectivity index (χ0v) is 7.82. The second-order valence-electron chi connectivity index (χ2n) is 0.905. The maximum atomic E-state index is 9.86. The van der Waals surface area contributed by atoms with Gasteiger partial charge in [-0.25, -0.2) is 0 Å². The van der Waals surface area contributed by atoms with Gasteiger partial charge in [0.15, 0.2) is 0 Å². The van der Waals surface area contributed by atoms with Gasteiger partial charge in [-0.05, 0) is 6.20 Å². The van der Waals surface area contributed by atoms with E-state index in [0.29, 0.717) is 0 Å². The van der Waals surface area contributed by atoms with E-state index >= 15 is 0 Å². The normalized spacial score (nSPS) is 5.86. The maximum absolute atomic E-state index is 9.86. The van der Waals surface area contributed by atoms with E-state index in [1.54, 1.807) is 0 Å². The summed E-state index contributed by atoms with van der Waals surface area (Å²) >= 11 is 0. The second-order valence-corrected chi connectivity index (χ2v) is 0.905. The fraction of sp³-hybridized carbons (Fsp3) is 0.250. The molecule has 0 unspecified atom stereocenters. The molecule has 3 heteroatoms. The van der Waals surface area contributed by atoms with Crippen LogP contribution < -0.4 is 5.32 Å². The molecule has 0 aromatic rings. The number of nitrogens with one attached hydrogen (secondary N) is 1. The van der Waals surface area contributed by atoms with Crippen molar-refractivity contribution in [3.05, 3.63) is 12.8 Å². The van der Waals surface area contributed by atoms with Crippen LogP contribution in [0.5, 0.6) is 0 Å². The first-order valence-electron chi connectivity index (χ1n) is 1.65. The Balaban J connectivity index is 0. The second kappa shape index (κ2) is 6.85. The molecule has 0 aromatic carbocycles. The fourth-order valence-electron chi connectivity index (χ4n) is 0.144. The minimum atomic E-state index is -0.0787. The van der Waals surface area contributed by atoms with Gasteiger partial charge in [-0.2, -0.15) is 0 Å². The fourth-order valence-corrected chi connectivity index (χ4v) is 0.144. The first kappa shape index (κ1) is 10.8. The molecular weight excluding hydrogens is 117 g/mol. The van der Waals surface area contributed by atoms with Crippen LogP contribution in [-0.4, -0.2) is 57.3 Å². The molecule has 0 fully saturated rings. The third kappa shape index (κ3) is 10.9. The van der Waals surface area contributed by atoms with Gasteiger partial charge in [-0.1, -0.05) is 6.58 Å². The molecule has 0 spiro atoms. The van der Waals surface area contributed by atoms with E-state index in [1.807, 2.05) is 0 Å². The van der Waals surface area contributed by atoms with Crippen molar-refractivity contribution in [3.8, 4) is 0 Å². The van der Waals surface area contributed by atoms with Crippen LogP contribution in [0.3, 0.4) is 0 Å². The van der Waals surface area contributed by atoms with Crippen LogP contribution in [0.2, 0.25) is 0 Å². The molecule has 0 heterocycles. The summed E-state index contributed by atoms with van der Waals surface area (Å²) in [4.78, 5) is 9.86. The Hall–Kier alpha value is 0.846. The molecular formula is C4H7KNO. The Kier molecular flexibility index (Phi) is 10.5. The molecule has 0 aliphatic heterocycles. The maximum Gasteiger partial charge on any atom is 0.220 e. The van der Waals surface area contributed by atoms with Crippen molar-refractivity contribution in [2.75, 3.05) is 0 Å². The SMILES string of the molecule is C=CNC(C)=O.[K]. The summed E-state index contributed by atoms with van der Waals surface area (Å²) in [6, 6.07) is 0. The molecule has 7 heavy (non-hydrogen) atoms. The van der Waals surface area contributed by atoms with E-state index in [2.05, 4.69) is 11.9 Å². The van der Waals surface area contributed by atoms with E-state index in [-0.39, 0.29) is 57.3 Å². The van der Waals surface area contributed by atoms with Crippen LogP contribution in [0, 0.1) is 0 Å². The summed E-state index contributed by atoms with van der Waals surface area (Å²) in [5.41, 5.74) is 0. The third-order valence-electron chi connectivity index (χ3n) is 0.305. The van der Waals surface area contributed by atoms with Gasteiger partial charge < -0.3 is 5.32 Å². The summed E-state index contributed by atoms with van der Waals surface area (Å²) in [5.74, 6) is -0.0787. The van der Waals surface area contributed by atoms with Crippen molar-refractivity contribution in [1.82, 2.24) is 5.32 Å². The Morgan fingerprint density at radius 3 is 2.29 bits per heavy atom. The van der Waals surface area contributed by atoms with Crippen LogP contribution in [0.4, 0.5) is 0 Å². The Labute approximate surface area is 85.8 Å². The molecule has 0 aliphatic rings. The van der Waals surface area contributed by atoms with Crippen LogP contribution in [-0.2, 0) is 4.79 Å². The van der Waals surface area contributed by atoms with Gasteiger partial charge in [-0.3, -0.25) is 4.79 Å². The Morgan fingerprint density at radius 1 is 1.86 bits per heavy atom. The van der Waals surface area contributed by atoms with Crippen LogP contribution in [0.15, 0.2) is 12.8 Å². The van der Waals surface area contributed by atoms with E-state index < -0.39 is 0 Å². The molecule has 0 saturated carbocycles. The summed E-state index contributed by atoms with van der Waals surface area (Å²) in [7, 11) is 0. The van der Waals surface area contributed by atoms with E-state index in [4.69, 9.17) is 0 Å². The van der Waals surface area contributed by atoms with Crippen LogP contribution in [0.1, 0.15) is 6.92 Å². The predicted molar refractivity (Wildman–Crippen MR) is 29.8 cm³/mol. The smallest absolute Gasteiger partial charge is 0.220 e. The number of hydrogen-bond donors (Lipinski definition) is 1. The number of hydrogen-bond acceptors (Lipinski definition) is 1. The van der Waals surface area contributed by atoms with E-state index in [9.17, 15) is 4.79 Å². The zero-order chi connectivity index (χ0) is 4.99. The monoisotopic (exact) mass is 124 g/mol. The molecule has 0 saturated heterocycles. The summed E-state index contributed by atoms with van der Waals surface area (Å²) in [5, 5.41) is 2.33. The number of carbonyl (C=O) groups is 1. The first-order chi connectivity index (χ1) is 2.77. The Bertz CT molecular complexity index is 72.1. The molecule has 1 amide bonds. The molecule has 35 valence electrons. The summed E-state index contributed by atoms with van der Waals surface area (Å²) < 4.78 is 0. The number of rotatable bonds is 1. The predicted octanol–water partition coefficient (Wildman–Crippen LogP) is -0.115. The number of amides is 1. The van der Waals surface area contributed by atoms with Crippen LogP contribution >= 0.6 is 0 Å². The van der Waals surface area contributed by atoms with Crippen LogP contribution in [0.25, 0.3) is 0 Å². The summed E-state index contributed by atoms with van der Waals surface area (Å²) in [6.07, 6.45) is 1.35. The number of carbonyl (C=O) groups excluding carboxylic acids is 1. The molecule has 2 nitrogen and oxygen atoms in total. The molecule has 0 aromatic heterocycles. The van der Waals surface area contributed by atoms with Crippen molar-refractivity contribution < 1.29 is 4.79 Å². The van der Waals surface area contributed by atoms with Gasteiger partial charge in [0.1, 0.15) is 0 Å².